The fraction of sp³-hybridized carbons (Fsp3) is 0.889. The van der Waals surface area contributed by atoms with Gasteiger partial charge in [0.25, 0.3) is 0 Å². The lowest BCUT2D eigenvalue weighted by Gasteiger charge is -2.38. The molecule has 1 aliphatic rings. The molecule has 1 N–H and O–H groups in total. The van der Waals surface area contributed by atoms with Crippen molar-refractivity contribution < 1.29 is 9.90 Å². The molecule has 2 atom stereocenters. The lowest BCUT2D eigenvalue weighted by molar-refractivity contribution is -0.131. The quantitative estimate of drug-likeness (QED) is 0.575. The molecular weight excluding hydrogens is 140 g/mol. The molecule has 1 fully saturated rings. The molecule has 0 aromatic heterocycles. The van der Waals surface area contributed by atoms with Gasteiger partial charge in [-0.15, -0.1) is 0 Å². The predicted molar refractivity (Wildman–Crippen MR) is 43.2 cm³/mol. The Hall–Kier alpha value is -0.370. The van der Waals surface area contributed by atoms with E-state index in [0.29, 0.717) is 12.8 Å². The van der Waals surface area contributed by atoms with Crippen molar-refractivity contribution in [1.29, 1.82) is 0 Å². The van der Waals surface area contributed by atoms with Crippen molar-refractivity contribution in [2.45, 2.75) is 39.7 Å². The van der Waals surface area contributed by atoms with Crippen molar-refractivity contribution >= 4 is 5.78 Å². The van der Waals surface area contributed by atoms with E-state index in [4.69, 9.17) is 0 Å². The number of rotatable bonds is 0. The van der Waals surface area contributed by atoms with Crippen molar-refractivity contribution in [2.75, 3.05) is 0 Å². The molecule has 0 unspecified atom stereocenters. The molecule has 11 heavy (non-hydrogen) atoms. The SMILES string of the molecule is C[C@@H]1CC(=O)CC(C)(C)[C@@H]1O. The number of carbonyl (C=O) groups excluding carboxylic acids is 1. The van der Waals surface area contributed by atoms with Crippen LogP contribution in [0.2, 0.25) is 0 Å². The van der Waals surface area contributed by atoms with Crippen LogP contribution in [0.25, 0.3) is 0 Å². The number of Topliss-reactive ketones (excluding diaryl/α,β-unsaturated/α-hetero) is 1. The van der Waals surface area contributed by atoms with Gasteiger partial charge in [-0.25, -0.2) is 0 Å². The number of hydrogen-bond acceptors (Lipinski definition) is 2. The maximum absolute atomic E-state index is 11.1. The summed E-state index contributed by atoms with van der Waals surface area (Å²) >= 11 is 0. The molecule has 0 aromatic carbocycles. The van der Waals surface area contributed by atoms with Crippen LogP contribution >= 0.6 is 0 Å². The van der Waals surface area contributed by atoms with E-state index in [2.05, 4.69) is 0 Å². The average molecular weight is 156 g/mol. The fourth-order valence-electron chi connectivity index (χ4n) is 1.93. The first-order valence-corrected chi connectivity index (χ1v) is 4.13. The van der Waals surface area contributed by atoms with E-state index in [9.17, 15) is 9.90 Å². The fourth-order valence-corrected chi connectivity index (χ4v) is 1.93. The predicted octanol–water partition coefficient (Wildman–Crippen LogP) is 1.37. The third kappa shape index (κ3) is 1.62. The number of ketones is 1. The summed E-state index contributed by atoms with van der Waals surface area (Å²) in [5.74, 6) is 0.416. The molecule has 2 nitrogen and oxygen atoms in total. The average Bonchev–Trinajstić information content (AvgIpc) is 1.81. The molecule has 0 amide bonds. The summed E-state index contributed by atoms with van der Waals surface area (Å²) in [4.78, 5) is 11.1. The summed E-state index contributed by atoms with van der Waals surface area (Å²) < 4.78 is 0. The molecule has 0 heterocycles. The van der Waals surface area contributed by atoms with Crippen molar-refractivity contribution in [3.63, 3.8) is 0 Å². The number of hydrogen-bond donors (Lipinski definition) is 1. The normalized spacial score (nSPS) is 37.3. The van der Waals surface area contributed by atoms with E-state index in [1.807, 2.05) is 20.8 Å². The van der Waals surface area contributed by atoms with Crippen LogP contribution in [-0.4, -0.2) is 17.0 Å². The van der Waals surface area contributed by atoms with Crippen LogP contribution in [0, 0.1) is 11.3 Å². The first-order valence-electron chi connectivity index (χ1n) is 4.13. The largest absolute Gasteiger partial charge is 0.392 e. The van der Waals surface area contributed by atoms with E-state index >= 15 is 0 Å². The van der Waals surface area contributed by atoms with Gasteiger partial charge in [0.05, 0.1) is 6.10 Å². The number of carbonyl (C=O) groups is 1. The Morgan fingerprint density at radius 3 is 2.55 bits per heavy atom. The van der Waals surface area contributed by atoms with Gasteiger partial charge in [0.1, 0.15) is 5.78 Å². The molecule has 0 radical (unpaired) electrons. The first kappa shape index (κ1) is 8.72. The zero-order valence-corrected chi connectivity index (χ0v) is 7.42. The highest BCUT2D eigenvalue weighted by Gasteiger charge is 2.39. The topological polar surface area (TPSA) is 37.3 Å². The molecule has 1 aliphatic carbocycles. The second-order valence-corrected chi connectivity index (χ2v) is 4.33. The maximum atomic E-state index is 11.1. The molecule has 1 saturated carbocycles. The van der Waals surface area contributed by atoms with Gasteiger partial charge in [0, 0.05) is 12.8 Å². The smallest absolute Gasteiger partial charge is 0.133 e. The Morgan fingerprint density at radius 1 is 1.55 bits per heavy atom. The van der Waals surface area contributed by atoms with Crippen LogP contribution < -0.4 is 0 Å². The second-order valence-electron chi connectivity index (χ2n) is 4.33. The standard InChI is InChI=1S/C9H16O2/c1-6-4-7(10)5-9(2,3)8(6)11/h6,8,11H,4-5H2,1-3H3/t6-,8-/m1/s1. The Kier molecular flexibility index (Phi) is 2.06. The lowest BCUT2D eigenvalue weighted by Crippen LogP contribution is -2.42. The van der Waals surface area contributed by atoms with E-state index in [0.717, 1.165) is 0 Å². The minimum atomic E-state index is -0.319. The van der Waals surface area contributed by atoms with Crippen LogP contribution in [-0.2, 0) is 4.79 Å². The lowest BCUT2D eigenvalue weighted by atomic mass is 9.70. The van der Waals surface area contributed by atoms with Gasteiger partial charge < -0.3 is 5.11 Å². The Bertz CT molecular complexity index is 172. The van der Waals surface area contributed by atoms with Crippen molar-refractivity contribution in [3.05, 3.63) is 0 Å². The van der Waals surface area contributed by atoms with Crippen LogP contribution in [0.3, 0.4) is 0 Å². The highest BCUT2D eigenvalue weighted by molar-refractivity contribution is 5.80. The molecule has 0 aromatic rings. The Balaban J connectivity index is 2.75. The van der Waals surface area contributed by atoms with Gasteiger partial charge in [0.15, 0.2) is 0 Å². The summed E-state index contributed by atoms with van der Waals surface area (Å²) in [5, 5.41) is 9.67. The zero-order valence-electron chi connectivity index (χ0n) is 7.42. The van der Waals surface area contributed by atoms with E-state index in [1.54, 1.807) is 0 Å². The highest BCUT2D eigenvalue weighted by Crippen LogP contribution is 2.36. The van der Waals surface area contributed by atoms with E-state index < -0.39 is 0 Å². The molecular formula is C9H16O2. The van der Waals surface area contributed by atoms with Crippen molar-refractivity contribution in [3.8, 4) is 0 Å². The molecule has 0 saturated heterocycles. The van der Waals surface area contributed by atoms with Crippen molar-refractivity contribution in [2.24, 2.45) is 11.3 Å². The third-order valence-electron chi connectivity index (χ3n) is 2.54. The van der Waals surface area contributed by atoms with Gasteiger partial charge >= 0.3 is 0 Å². The molecule has 2 heteroatoms. The summed E-state index contributed by atoms with van der Waals surface area (Å²) in [6.45, 7) is 5.83. The molecule has 64 valence electrons. The van der Waals surface area contributed by atoms with E-state index in [-0.39, 0.29) is 23.2 Å². The molecule has 0 spiro atoms. The number of aliphatic hydroxyl groups is 1. The van der Waals surface area contributed by atoms with Crippen LogP contribution in [0.1, 0.15) is 33.6 Å². The minimum absolute atomic E-state index is 0.131. The summed E-state index contributed by atoms with van der Waals surface area (Å²) in [5.41, 5.74) is -0.214. The van der Waals surface area contributed by atoms with Gasteiger partial charge in [-0.2, -0.15) is 0 Å². The Morgan fingerprint density at radius 2 is 2.09 bits per heavy atom. The summed E-state index contributed by atoms with van der Waals surface area (Å²) in [6.07, 6.45) is 0.753. The van der Waals surface area contributed by atoms with Crippen LogP contribution in [0.5, 0.6) is 0 Å². The first-order chi connectivity index (χ1) is 4.93. The van der Waals surface area contributed by atoms with Crippen LogP contribution in [0.4, 0.5) is 0 Å². The third-order valence-corrected chi connectivity index (χ3v) is 2.54. The number of aliphatic hydroxyl groups excluding tert-OH is 1. The molecule has 0 bridgehead atoms. The zero-order chi connectivity index (χ0) is 8.65. The van der Waals surface area contributed by atoms with Gasteiger partial charge in [-0.1, -0.05) is 20.8 Å². The second kappa shape index (κ2) is 2.59. The monoisotopic (exact) mass is 156 g/mol. The highest BCUT2D eigenvalue weighted by atomic mass is 16.3. The van der Waals surface area contributed by atoms with Gasteiger partial charge in [0.2, 0.25) is 0 Å². The minimum Gasteiger partial charge on any atom is -0.392 e. The Labute approximate surface area is 67.6 Å². The van der Waals surface area contributed by atoms with E-state index in [1.165, 1.54) is 0 Å². The van der Waals surface area contributed by atoms with Gasteiger partial charge in [-0.3, -0.25) is 4.79 Å². The maximum Gasteiger partial charge on any atom is 0.133 e. The molecule has 0 aliphatic heterocycles. The molecule has 1 rings (SSSR count). The van der Waals surface area contributed by atoms with Crippen LogP contribution in [0.15, 0.2) is 0 Å². The van der Waals surface area contributed by atoms with Gasteiger partial charge in [-0.05, 0) is 11.3 Å². The summed E-state index contributed by atoms with van der Waals surface area (Å²) in [7, 11) is 0. The summed E-state index contributed by atoms with van der Waals surface area (Å²) in [6, 6.07) is 0. The van der Waals surface area contributed by atoms with Crippen molar-refractivity contribution in [1.82, 2.24) is 0 Å².